The Morgan fingerprint density at radius 3 is 2.72 bits per heavy atom. The third-order valence-corrected chi connectivity index (χ3v) is 4.49. The molecule has 1 aliphatic rings. The van der Waals surface area contributed by atoms with E-state index < -0.39 is 6.36 Å². The number of alkyl halides is 3. The number of hydrogen-bond donors (Lipinski definition) is 0. The van der Waals surface area contributed by atoms with Crippen LogP contribution in [-0.2, 0) is 11.3 Å². The number of benzene rings is 2. The van der Waals surface area contributed by atoms with Crippen LogP contribution in [0.1, 0.15) is 28.8 Å². The first-order valence-corrected chi connectivity index (χ1v) is 9.25. The van der Waals surface area contributed by atoms with E-state index in [-0.39, 0.29) is 29.9 Å². The quantitative estimate of drug-likeness (QED) is 0.680. The summed E-state index contributed by atoms with van der Waals surface area (Å²) in [6.45, 7) is 1.11. The van der Waals surface area contributed by atoms with Crippen molar-refractivity contribution in [2.75, 3.05) is 20.3 Å². The Labute approximate surface area is 167 Å². The second kappa shape index (κ2) is 9.17. The zero-order chi connectivity index (χ0) is 20.9. The Bertz CT molecular complexity index is 835. The van der Waals surface area contributed by atoms with Gasteiger partial charge in [-0.3, -0.25) is 4.79 Å². The van der Waals surface area contributed by atoms with Gasteiger partial charge in [-0.15, -0.1) is 13.2 Å². The van der Waals surface area contributed by atoms with E-state index in [2.05, 4.69) is 4.74 Å². The molecule has 2 aromatic carbocycles. The highest BCUT2D eigenvalue weighted by Gasteiger charge is 2.32. The molecule has 1 heterocycles. The van der Waals surface area contributed by atoms with Crippen molar-refractivity contribution in [3.8, 4) is 11.5 Å². The maximum atomic E-state index is 12.7. The summed E-state index contributed by atoms with van der Waals surface area (Å²) in [5.74, 6) is -0.122. The molecule has 3 rings (SSSR count). The van der Waals surface area contributed by atoms with E-state index in [0.29, 0.717) is 17.9 Å². The Kier molecular flexibility index (Phi) is 6.64. The molecule has 0 spiro atoms. The molecule has 1 aliphatic heterocycles. The topological polar surface area (TPSA) is 48.0 Å². The minimum Gasteiger partial charge on any atom is -0.491 e. The van der Waals surface area contributed by atoms with Gasteiger partial charge in [0.2, 0.25) is 0 Å². The molecule has 0 radical (unpaired) electrons. The average Bonchev–Trinajstić information content (AvgIpc) is 3.20. The monoisotopic (exact) mass is 409 g/mol. The lowest BCUT2D eigenvalue weighted by molar-refractivity contribution is -0.275. The van der Waals surface area contributed by atoms with E-state index in [4.69, 9.17) is 9.47 Å². The van der Waals surface area contributed by atoms with Gasteiger partial charge in [0, 0.05) is 31.3 Å². The molecular weight excluding hydrogens is 387 g/mol. The second-order valence-electron chi connectivity index (χ2n) is 6.79. The molecule has 1 amide bonds. The van der Waals surface area contributed by atoms with Gasteiger partial charge in [0.1, 0.15) is 18.1 Å². The molecule has 1 atom stereocenters. The second-order valence-corrected chi connectivity index (χ2v) is 6.79. The van der Waals surface area contributed by atoms with Crippen LogP contribution in [0.3, 0.4) is 0 Å². The highest BCUT2D eigenvalue weighted by Crippen LogP contribution is 2.27. The van der Waals surface area contributed by atoms with Crippen molar-refractivity contribution in [2.45, 2.75) is 31.9 Å². The van der Waals surface area contributed by atoms with Crippen molar-refractivity contribution < 1.29 is 32.2 Å². The maximum Gasteiger partial charge on any atom is 0.573 e. The highest BCUT2D eigenvalue weighted by atomic mass is 19.4. The first-order valence-electron chi connectivity index (χ1n) is 9.25. The summed E-state index contributed by atoms with van der Waals surface area (Å²) in [5.41, 5.74) is 0.637. The molecule has 156 valence electrons. The van der Waals surface area contributed by atoms with Crippen molar-refractivity contribution in [1.29, 1.82) is 0 Å². The van der Waals surface area contributed by atoms with Gasteiger partial charge in [0.05, 0.1) is 6.10 Å². The fourth-order valence-electron chi connectivity index (χ4n) is 3.09. The van der Waals surface area contributed by atoms with Crippen LogP contribution in [0.15, 0.2) is 48.5 Å². The molecule has 2 aromatic rings. The molecule has 1 saturated heterocycles. The van der Waals surface area contributed by atoms with Crippen LogP contribution in [0.5, 0.6) is 11.5 Å². The first-order chi connectivity index (χ1) is 13.8. The summed E-state index contributed by atoms with van der Waals surface area (Å²) < 4.78 is 53.0. The Balaban J connectivity index is 1.65. The van der Waals surface area contributed by atoms with Crippen LogP contribution in [0, 0.1) is 0 Å². The average molecular weight is 409 g/mol. The van der Waals surface area contributed by atoms with Gasteiger partial charge < -0.3 is 19.1 Å². The van der Waals surface area contributed by atoms with E-state index in [9.17, 15) is 18.0 Å². The van der Waals surface area contributed by atoms with Gasteiger partial charge in [0.25, 0.3) is 5.91 Å². The number of carbonyl (C=O) groups is 1. The molecule has 0 aliphatic carbocycles. The predicted octanol–water partition coefficient (Wildman–Crippen LogP) is 4.42. The molecule has 0 N–H and O–H groups in total. The fourth-order valence-corrected chi connectivity index (χ4v) is 3.09. The van der Waals surface area contributed by atoms with Crippen LogP contribution < -0.4 is 9.47 Å². The normalized spacial score (nSPS) is 16.5. The number of halogens is 3. The highest BCUT2D eigenvalue weighted by molar-refractivity contribution is 5.94. The molecular formula is C21H22F3NO4. The minimum atomic E-state index is -4.80. The van der Waals surface area contributed by atoms with Crippen molar-refractivity contribution in [3.05, 3.63) is 59.7 Å². The SMILES string of the molecule is CN(Cc1ccccc1OC(F)(F)F)C(=O)c1cccc(OCC2CCCO2)c1. The minimum absolute atomic E-state index is 0.0356. The van der Waals surface area contributed by atoms with Crippen LogP contribution in [0.2, 0.25) is 0 Å². The number of nitrogens with zero attached hydrogens (tertiary/aromatic N) is 1. The number of hydrogen-bond acceptors (Lipinski definition) is 4. The van der Waals surface area contributed by atoms with E-state index >= 15 is 0 Å². The van der Waals surface area contributed by atoms with Crippen LogP contribution in [0.25, 0.3) is 0 Å². The summed E-state index contributed by atoms with van der Waals surface area (Å²) in [7, 11) is 1.52. The van der Waals surface area contributed by atoms with E-state index in [1.54, 1.807) is 30.3 Å². The number of rotatable bonds is 7. The molecule has 1 fully saturated rings. The van der Waals surface area contributed by atoms with E-state index in [0.717, 1.165) is 19.4 Å². The molecule has 0 aromatic heterocycles. The van der Waals surface area contributed by atoms with Gasteiger partial charge in [-0.05, 0) is 37.1 Å². The number of amides is 1. The lowest BCUT2D eigenvalue weighted by Gasteiger charge is -2.20. The summed E-state index contributed by atoms with van der Waals surface area (Å²) in [6, 6.07) is 12.5. The predicted molar refractivity (Wildman–Crippen MR) is 99.8 cm³/mol. The summed E-state index contributed by atoms with van der Waals surface area (Å²) in [4.78, 5) is 14.1. The molecule has 0 saturated carbocycles. The third kappa shape index (κ3) is 6.12. The molecule has 1 unspecified atom stereocenters. The lowest BCUT2D eigenvalue weighted by Crippen LogP contribution is -2.27. The van der Waals surface area contributed by atoms with Crippen molar-refractivity contribution >= 4 is 5.91 Å². The zero-order valence-corrected chi connectivity index (χ0v) is 15.9. The van der Waals surface area contributed by atoms with Crippen LogP contribution in [-0.4, -0.2) is 43.5 Å². The van der Waals surface area contributed by atoms with E-state index in [1.165, 1.54) is 30.1 Å². The van der Waals surface area contributed by atoms with Gasteiger partial charge in [0.15, 0.2) is 0 Å². The number of para-hydroxylation sites is 1. The van der Waals surface area contributed by atoms with Crippen LogP contribution in [0.4, 0.5) is 13.2 Å². The van der Waals surface area contributed by atoms with Gasteiger partial charge in [-0.1, -0.05) is 24.3 Å². The number of carbonyl (C=O) groups excluding carboxylic acids is 1. The van der Waals surface area contributed by atoms with Gasteiger partial charge >= 0.3 is 6.36 Å². The number of ether oxygens (including phenoxy) is 3. The molecule has 5 nitrogen and oxygen atoms in total. The van der Waals surface area contributed by atoms with Crippen molar-refractivity contribution in [2.24, 2.45) is 0 Å². The molecule has 8 heteroatoms. The Hall–Kier alpha value is -2.74. The smallest absolute Gasteiger partial charge is 0.491 e. The largest absolute Gasteiger partial charge is 0.573 e. The maximum absolute atomic E-state index is 12.7. The fraction of sp³-hybridized carbons (Fsp3) is 0.381. The molecule has 0 bridgehead atoms. The Morgan fingerprint density at radius 1 is 1.21 bits per heavy atom. The standard InChI is InChI=1S/C21H22F3NO4/c1-25(13-16-6-2-3-10-19(16)29-21(22,23)24)20(26)15-7-4-8-17(12-15)28-14-18-9-5-11-27-18/h2-4,6-8,10,12,18H,5,9,11,13-14H2,1H3. The summed E-state index contributed by atoms with van der Waals surface area (Å²) in [5, 5.41) is 0. The van der Waals surface area contributed by atoms with Crippen molar-refractivity contribution in [3.63, 3.8) is 0 Å². The van der Waals surface area contributed by atoms with E-state index in [1.807, 2.05) is 0 Å². The van der Waals surface area contributed by atoms with Gasteiger partial charge in [-0.25, -0.2) is 0 Å². The molecule has 29 heavy (non-hydrogen) atoms. The first kappa shape index (κ1) is 21.0. The Morgan fingerprint density at radius 2 is 2.00 bits per heavy atom. The zero-order valence-electron chi connectivity index (χ0n) is 15.9. The summed E-state index contributed by atoms with van der Waals surface area (Å²) >= 11 is 0. The third-order valence-electron chi connectivity index (χ3n) is 4.49. The van der Waals surface area contributed by atoms with Crippen molar-refractivity contribution in [1.82, 2.24) is 4.90 Å². The van der Waals surface area contributed by atoms with Crippen LogP contribution >= 0.6 is 0 Å². The van der Waals surface area contributed by atoms with Gasteiger partial charge in [-0.2, -0.15) is 0 Å². The lowest BCUT2D eigenvalue weighted by atomic mass is 10.1. The summed E-state index contributed by atoms with van der Waals surface area (Å²) in [6.07, 6.45) is -2.78.